The van der Waals surface area contributed by atoms with Crippen LogP contribution in [0.1, 0.15) is 45.1 Å². The molecule has 3 rings (SSSR count). The largest absolute Gasteiger partial charge is 0.490 e. The van der Waals surface area contributed by atoms with E-state index in [0.717, 1.165) is 43.4 Å². The van der Waals surface area contributed by atoms with Gasteiger partial charge in [0.15, 0.2) is 0 Å². The first-order valence-corrected chi connectivity index (χ1v) is 8.16. The van der Waals surface area contributed by atoms with Gasteiger partial charge in [0.25, 0.3) is 0 Å². The van der Waals surface area contributed by atoms with E-state index in [1.165, 1.54) is 6.07 Å². The number of fused-ring (bicyclic) bond motifs is 1. The Labute approximate surface area is 126 Å². The Bertz CT molecular complexity index is 500. The lowest BCUT2D eigenvalue weighted by Crippen LogP contribution is -2.34. The SMILES string of the molecule is CC(C)C1CCC(O)C(CC2Cc3cc(F)ccc3O2)C1. The van der Waals surface area contributed by atoms with E-state index in [4.69, 9.17) is 4.74 Å². The lowest BCUT2D eigenvalue weighted by Gasteiger charge is -2.36. The molecule has 1 fully saturated rings. The fourth-order valence-corrected chi connectivity index (χ4v) is 3.90. The molecule has 1 aromatic carbocycles. The first-order valence-electron chi connectivity index (χ1n) is 8.16. The summed E-state index contributed by atoms with van der Waals surface area (Å²) < 4.78 is 19.2. The number of aliphatic hydroxyl groups is 1. The highest BCUT2D eigenvalue weighted by Gasteiger charge is 2.34. The van der Waals surface area contributed by atoms with Gasteiger partial charge >= 0.3 is 0 Å². The monoisotopic (exact) mass is 292 g/mol. The predicted molar refractivity (Wildman–Crippen MR) is 80.8 cm³/mol. The zero-order chi connectivity index (χ0) is 15.0. The molecule has 3 heteroatoms. The Morgan fingerprint density at radius 1 is 1.33 bits per heavy atom. The van der Waals surface area contributed by atoms with E-state index in [-0.39, 0.29) is 18.0 Å². The summed E-state index contributed by atoms with van der Waals surface area (Å²) in [5.41, 5.74) is 0.964. The molecule has 1 aliphatic heterocycles. The fraction of sp³-hybridized carbons (Fsp3) is 0.667. The van der Waals surface area contributed by atoms with E-state index in [0.29, 0.717) is 17.8 Å². The van der Waals surface area contributed by atoms with Gasteiger partial charge in [0.1, 0.15) is 17.7 Å². The molecule has 1 saturated carbocycles. The molecule has 2 aliphatic rings. The number of hydrogen-bond acceptors (Lipinski definition) is 2. The normalized spacial score (nSPS) is 32.0. The number of aliphatic hydroxyl groups excluding tert-OH is 1. The molecule has 1 N–H and O–H groups in total. The molecule has 0 saturated heterocycles. The first kappa shape index (κ1) is 14.8. The van der Waals surface area contributed by atoms with Crippen molar-refractivity contribution < 1.29 is 14.2 Å². The summed E-state index contributed by atoms with van der Waals surface area (Å²) in [4.78, 5) is 0. The smallest absolute Gasteiger partial charge is 0.123 e. The highest BCUT2D eigenvalue weighted by molar-refractivity contribution is 5.37. The lowest BCUT2D eigenvalue weighted by atomic mass is 9.73. The van der Waals surface area contributed by atoms with Crippen LogP contribution >= 0.6 is 0 Å². The van der Waals surface area contributed by atoms with Gasteiger partial charge in [0.2, 0.25) is 0 Å². The third-order valence-corrected chi connectivity index (χ3v) is 5.26. The molecule has 0 radical (unpaired) electrons. The van der Waals surface area contributed by atoms with Gasteiger partial charge in [-0.05, 0) is 61.6 Å². The number of rotatable bonds is 3. The second-order valence-corrected chi connectivity index (χ2v) is 7.08. The zero-order valence-corrected chi connectivity index (χ0v) is 12.9. The third kappa shape index (κ3) is 3.23. The summed E-state index contributed by atoms with van der Waals surface area (Å²) >= 11 is 0. The van der Waals surface area contributed by atoms with Crippen LogP contribution in [0, 0.1) is 23.6 Å². The summed E-state index contributed by atoms with van der Waals surface area (Å²) in [7, 11) is 0. The van der Waals surface area contributed by atoms with E-state index >= 15 is 0 Å². The molecule has 1 aromatic rings. The van der Waals surface area contributed by atoms with Gasteiger partial charge in [0.05, 0.1) is 6.10 Å². The Kier molecular flexibility index (Phi) is 4.21. The maximum Gasteiger partial charge on any atom is 0.123 e. The average Bonchev–Trinajstić information content (AvgIpc) is 2.82. The minimum absolute atomic E-state index is 0.0902. The van der Waals surface area contributed by atoms with Crippen molar-refractivity contribution in [3.8, 4) is 5.75 Å². The molecule has 0 spiro atoms. The molecule has 1 heterocycles. The van der Waals surface area contributed by atoms with Crippen LogP contribution < -0.4 is 4.74 Å². The van der Waals surface area contributed by atoms with Crippen LogP contribution in [0.4, 0.5) is 4.39 Å². The molecule has 4 atom stereocenters. The number of ether oxygens (including phenoxy) is 1. The van der Waals surface area contributed by atoms with Crippen molar-refractivity contribution in [1.29, 1.82) is 0 Å². The van der Waals surface area contributed by atoms with Crippen LogP contribution in [0.3, 0.4) is 0 Å². The second-order valence-electron chi connectivity index (χ2n) is 7.08. The highest BCUT2D eigenvalue weighted by Crippen LogP contribution is 2.39. The van der Waals surface area contributed by atoms with Gasteiger partial charge in [-0.1, -0.05) is 13.8 Å². The van der Waals surface area contributed by atoms with Gasteiger partial charge in [-0.15, -0.1) is 0 Å². The molecule has 4 unspecified atom stereocenters. The zero-order valence-electron chi connectivity index (χ0n) is 12.9. The topological polar surface area (TPSA) is 29.5 Å². The molecular formula is C18H25FO2. The Balaban J connectivity index is 1.62. The number of halogens is 1. The van der Waals surface area contributed by atoms with Crippen molar-refractivity contribution in [2.45, 2.75) is 58.2 Å². The maximum absolute atomic E-state index is 13.3. The van der Waals surface area contributed by atoms with E-state index in [1.807, 2.05) is 0 Å². The van der Waals surface area contributed by atoms with Crippen LogP contribution in [0.5, 0.6) is 5.75 Å². The molecule has 1 aliphatic carbocycles. The lowest BCUT2D eigenvalue weighted by molar-refractivity contribution is 0.0168. The summed E-state index contributed by atoms with van der Waals surface area (Å²) in [5.74, 6) is 2.31. The molecule has 116 valence electrons. The van der Waals surface area contributed by atoms with Crippen molar-refractivity contribution in [3.63, 3.8) is 0 Å². The maximum atomic E-state index is 13.3. The highest BCUT2D eigenvalue weighted by atomic mass is 19.1. The molecule has 0 amide bonds. The Morgan fingerprint density at radius 2 is 2.14 bits per heavy atom. The second kappa shape index (κ2) is 5.96. The standard InChI is InChI=1S/C18H25FO2/c1-11(2)12-3-5-17(20)13(7-12)9-16-10-14-8-15(19)4-6-18(14)21-16/h4,6,8,11-13,16-17,20H,3,5,7,9-10H2,1-2H3. The quantitative estimate of drug-likeness (QED) is 0.914. The van der Waals surface area contributed by atoms with Gasteiger partial charge in [-0.2, -0.15) is 0 Å². The average molecular weight is 292 g/mol. The van der Waals surface area contributed by atoms with Crippen molar-refractivity contribution in [2.24, 2.45) is 17.8 Å². The molecule has 21 heavy (non-hydrogen) atoms. The third-order valence-electron chi connectivity index (χ3n) is 5.26. The van der Waals surface area contributed by atoms with Crippen LogP contribution in [-0.2, 0) is 6.42 Å². The molecule has 2 nitrogen and oxygen atoms in total. The number of benzene rings is 1. The van der Waals surface area contributed by atoms with Crippen LogP contribution in [0.15, 0.2) is 18.2 Å². The van der Waals surface area contributed by atoms with Gasteiger partial charge < -0.3 is 9.84 Å². The Hall–Kier alpha value is -1.09. The van der Waals surface area contributed by atoms with Crippen molar-refractivity contribution >= 4 is 0 Å². The summed E-state index contributed by atoms with van der Waals surface area (Å²) in [6.07, 6.45) is 4.65. The van der Waals surface area contributed by atoms with E-state index in [2.05, 4.69) is 13.8 Å². The van der Waals surface area contributed by atoms with Crippen LogP contribution in [-0.4, -0.2) is 17.3 Å². The van der Waals surface area contributed by atoms with E-state index in [1.54, 1.807) is 12.1 Å². The molecular weight excluding hydrogens is 267 g/mol. The van der Waals surface area contributed by atoms with Crippen LogP contribution in [0.2, 0.25) is 0 Å². The first-order chi connectivity index (χ1) is 10.0. The summed E-state index contributed by atoms with van der Waals surface area (Å²) in [5, 5.41) is 10.3. The van der Waals surface area contributed by atoms with Crippen molar-refractivity contribution in [2.75, 3.05) is 0 Å². The van der Waals surface area contributed by atoms with Gasteiger partial charge in [0, 0.05) is 12.0 Å². The van der Waals surface area contributed by atoms with Gasteiger partial charge in [-0.25, -0.2) is 4.39 Å². The molecule has 0 bridgehead atoms. The minimum atomic E-state index is -0.205. The minimum Gasteiger partial charge on any atom is -0.490 e. The molecule has 0 aromatic heterocycles. The fourth-order valence-electron chi connectivity index (χ4n) is 3.90. The van der Waals surface area contributed by atoms with Crippen molar-refractivity contribution in [1.82, 2.24) is 0 Å². The Morgan fingerprint density at radius 3 is 2.90 bits per heavy atom. The number of hydrogen-bond donors (Lipinski definition) is 1. The van der Waals surface area contributed by atoms with E-state index < -0.39 is 0 Å². The van der Waals surface area contributed by atoms with Gasteiger partial charge in [-0.3, -0.25) is 0 Å². The van der Waals surface area contributed by atoms with E-state index in [9.17, 15) is 9.50 Å². The van der Waals surface area contributed by atoms with Crippen molar-refractivity contribution in [3.05, 3.63) is 29.6 Å². The summed E-state index contributed by atoms with van der Waals surface area (Å²) in [6, 6.07) is 4.74. The summed E-state index contributed by atoms with van der Waals surface area (Å²) in [6.45, 7) is 4.54. The predicted octanol–water partition coefficient (Wildman–Crippen LogP) is 3.95. The van der Waals surface area contributed by atoms with Crippen LogP contribution in [0.25, 0.3) is 0 Å².